The summed E-state index contributed by atoms with van der Waals surface area (Å²) in [5.74, 6) is -1.76. The Labute approximate surface area is 189 Å². The van der Waals surface area contributed by atoms with Gasteiger partial charge in [-0.1, -0.05) is 29.8 Å². The SMILES string of the molecule is O=C(COC(=O)c1cc([N+](=O)[O-])ccc1NCc1ccccc1Cl)NC1CCS(=O)(=O)C1. The van der Waals surface area contributed by atoms with Crippen LogP contribution in [-0.2, 0) is 25.9 Å². The zero-order chi connectivity index (χ0) is 23.3. The molecule has 3 rings (SSSR count). The molecule has 1 aliphatic rings. The van der Waals surface area contributed by atoms with Crippen molar-refractivity contribution in [2.75, 3.05) is 23.4 Å². The van der Waals surface area contributed by atoms with E-state index in [1.807, 2.05) is 0 Å². The summed E-state index contributed by atoms with van der Waals surface area (Å²) in [7, 11) is -3.17. The molecule has 0 aromatic heterocycles. The number of nitro benzene ring substituents is 1. The number of carbonyl (C=O) groups excluding carboxylic acids is 2. The fourth-order valence-corrected chi connectivity index (χ4v) is 5.06. The van der Waals surface area contributed by atoms with Gasteiger partial charge in [0.05, 0.1) is 22.0 Å². The minimum absolute atomic E-state index is 0.00806. The lowest BCUT2D eigenvalue weighted by Crippen LogP contribution is -2.38. The normalized spacial score (nSPS) is 16.8. The number of rotatable bonds is 8. The number of esters is 1. The Morgan fingerprint density at radius 2 is 1.97 bits per heavy atom. The van der Waals surface area contributed by atoms with Crippen LogP contribution in [-0.4, -0.2) is 49.4 Å². The number of carbonyl (C=O) groups is 2. The molecule has 2 aromatic rings. The van der Waals surface area contributed by atoms with Gasteiger partial charge in [-0.2, -0.15) is 0 Å². The third-order valence-corrected chi connectivity index (χ3v) is 6.93. The van der Waals surface area contributed by atoms with E-state index in [0.717, 1.165) is 11.6 Å². The Bertz CT molecular complexity index is 1150. The lowest BCUT2D eigenvalue weighted by Gasteiger charge is -2.14. The third kappa shape index (κ3) is 6.17. The first-order valence-corrected chi connectivity index (χ1v) is 11.8. The number of non-ortho nitro benzene ring substituents is 1. The maximum absolute atomic E-state index is 12.6. The van der Waals surface area contributed by atoms with Crippen LogP contribution in [0, 0.1) is 10.1 Å². The number of sulfone groups is 1. The number of ether oxygens (including phenoxy) is 1. The highest BCUT2D eigenvalue weighted by molar-refractivity contribution is 7.91. The van der Waals surface area contributed by atoms with Gasteiger partial charge in [0.25, 0.3) is 11.6 Å². The number of nitro groups is 1. The van der Waals surface area contributed by atoms with Gasteiger partial charge < -0.3 is 15.4 Å². The number of nitrogens with one attached hydrogen (secondary N) is 2. The van der Waals surface area contributed by atoms with Gasteiger partial charge in [-0.3, -0.25) is 14.9 Å². The number of halogens is 1. The van der Waals surface area contributed by atoms with E-state index < -0.39 is 39.3 Å². The second-order valence-corrected chi connectivity index (χ2v) is 9.81. The molecule has 32 heavy (non-hydrogen) atoms. The molecule has 0 spiro atoms. The van der Waals surface area contributed by atoms with E-state index in [1.165, 1.54) is 12.1 Å². The van der Waals surface area contributed by atoms with E-state index in [1.54, 1.807) is 24.3 Å². The van der Waals surface area contributed by atoms with E-state index >= 15 is 0 Å². The summed E-state index contributed by atoms with van der Waals surface area (Å²) < 4.78 is 28.0. The number of hydrogen-bond acceptors (Lipinski definition) is 8. The van der Waals surface area contributed by atoms with Gasteiger partial charge in [0.2, 0.25) is 0 Å². The van der Waals surface area contributed by atoms with Crippen LogP contribution in [0.15, 0.2) is 42.5 Å². The summed E-state index contributed by atoms with van der Waals surface area (Å²) in [5.41, 5.74) is 0.573. The summed E-state index contributed by atoms with van der Waals surface area (Å²) in [6.07, 6.45) is 0.295. The molecule has 2 N–H and O–H groups in total. The monoisotopic (exact) mass is 481 g/mol. The lowest BCUT2D eigenvalue weighted by atomic mass is 10.1. The van der Waals surface area contributed by atoms with Crippen molar-refractivity contribution in [3.63, 3.8) is 0 Å². The van der Waals surface area contributed by atoms with Crippen molar-refractivity contribution in [2.45, 2.75) is 19.0 Å². The second kappa shape index (κ2) is 9.96. The molecule has 10 nitrogen and oxygen atoms in total. The van der Waals surface area contributed by atoms with Crippen LogP contribution >= 0.6 is 11.6 Å². The van der Waals surface area contributed by atoms with Crippen molar-refractivity contribution < 1.29 is 27.7 Å². The maximum Gasteiger partial charge on any atom is 0.341 e. The van der Waals surface area contributed by atoms with Gasteiger partial charge in [-0.05, 0) is 24.1 Å². The number of anilines is 1. The summed E-state index contributed by atoms with van der Waals surface area (Å²) in [6.45, 7) is -0.406. The molecular formula is C20H20ClN3O7S. The highest BCUT2D eigenvalue weighted by Gasteiger charge is 2.29. The van der Waals surface area contributed by atoms with Crippen LogP contribution in [0.4, 0.5) is 11.4 Å². The average Bonchev–Trinajstić information content (AvgIpc) is 3.09. The van der Waals surface area contributed by atoms with E-state index in [0.29, 0.717) is 11.4 Å². The Morgan fingerprint density at radius 3 is 2.62 bits per heavy atom. The minimum atomic E-state index is -3.17. The van der Waals surface area contributed by atoms with Crippen LogP contribution in [0.5, 0.6) is 0 Å². The molecule has 1 unspecified atom stereocenters. The fourth-order valence-electron chi connectivity index (χ4n) is 3.19. The highest BCUT2D eigenvalue weighted by Crippen LogP contribution is 2.25. The summed E-state index contributed by atoms with van der Waals surface area (Å²) >= 11 is 6.13. The van der Waals surface area contributed by atoms with Crippen LogP contribution < -0.4 is 10.6 Å². The zero-order valence-electron chi connectivity index (χ0n) is 16.7. The molecule has 0 saturated carbocycles. The Kier molecular flexibility index (Phi) is 7.31. The summed E-state index contributed by atoms with van der Waals surface area (Å²) in [4.78, 5) is 35.1. The molecule has 2 aromatic carbocycles. The first-order chi connectivity index (χ1) is 15.1. The van der Waals surface area contributed by atoms with Gasteiger partial charge >= 0.3 is 5.97 Å². The van der Waals surface area contributed by atoms with Gasteiger partial charge in [-0.15, -0.1) is 0 Å². The molecule has 1 heterocycles. The largest absolute Gasteiger partial charge is 0.452 e. The number of amides is 1. The second-order valence-electron chi connectivity index (χ2n) is 7.18. The van der Waals surface area contributed by atoms with E-state index in [4.69, 9.17) is 16.3 Å². The molecule has 1 aliphatic heterocycles. The van der Waals surface area contributed by atoms with Crippen molar-refractivity contribution in [2.24, 2.45) is 0 Å². The first-order valence-electron chi connectivity index (χ1n) is 9.57. The highest BCUT2D eigenvalue weighted by atomic mass is 35.5. The third-order valence-electron chi connectivity index (χ3n) is 4.79. The standard InChI is InChI=1S/C20H20ClN3O7S/c21-17-4-2-1-3-13(17)10-22-18-6-5-15(24(27)28)9-16(18)20(26)31-11-19(25)23-14-7-8-32(29,30)12-14/h1-6,9,14,22H,7-8,10-12H2,(H,23,25). The molecule has 12 heteroatoms. The Hall–Kier alpha value is -3.18. The molecule has 0 bridgehead atoms. The van der Waals surface area contributed by atoms with Gasteiger partial charge in [0.1, 0.15) is 0 Å². The van der Waals surface area contributed by atoms with Crippen LogP contribution in [0.1, 0.15) is 22.3 Å². The first kappa shape index (κ1) is 23.5. The molecule has 1 amide bonds. The van der Waals surface area contributed by atoms with Crippen molar-refractivity contribution in [3.05, 3.63) is 68.7 Å². The van der Waals surface area contributed by atoms with Crippen molar-refractivity contribution in [3.8, 4) is 0 Å². The van der Waals surface area contributed by atoms with E-state index in [2.05, 4.69) is 10.6 Å². The topological polar surface area (TPSA) is 145 Å². The van der Waals surface area contributed by atoms with Crippen molar-refractivity contribution in [1.29, 1.82) is 0 Å². The van der Waals surface area contributed by atoms with Gasteiger partial charge in [-0.25, -0.2) is 13.2 Å². The smallest absolute Gasteiger partial charge is 0.341 e. The van der Waals surface area contributed by atoms with Gasteiger partial charge in [0, 0.05) is 35.4 Å². The molecule has 1 atom stereocenters. The Morgan fingerprint density at radius 1 is 1.22 bits per heavy atom. The Balaban J connectivity index is 1.67. The summed E-state index contributed by atoms with van der Waals surface area (Å²) in [5, 5.41) is 17.1. The summed E-state index contributed by atoms with van der Waals surface area (Å²) in [6, 6.07) is 10.2. The van der Waals surface area contributed by atoms with Gasteiger partial charge in [0.15, 0.2) is 16.4 Å². The number of benzene rings is 2. The predicted molar refractivity (Wildman–Crippen MR) is 117 cm³/mol. The van der Waals surface area contributed by atoms with E-state index in [9.17, 15) is 28.1 Å². The molecule has 1 saturated heterocycles. The fraction of sp³-hybridized carbons (Fsp3) is 0.300. The average molecular weight is 482 g/mol. The van der Waals surface area contributed by atoms with Crippen LogP contribution in [0.2, 0.25) is 5.02 Å². The minimum Gasteiger partial charge on any atom is -0.452 e. The number of hydrogen-bond donors (Lipinski definition) is 2. The number of nitrogens with zero attached hydrogens (tertiary/aromatic N) is 1. The molecule has 170 valence electrons. The molecule has 1 fully saturated rings. The lowest BCUT2D eigenvalue weighted by molar-refractivity contribution is -0.384. The van der Waals surface area contributed by atoms with Crippen LogP contribution in [0.3, 0.4) is 0 Å². The molecule has 0 radical (unpaired) electrons. The zero-order valence-corrected chi connectivity index (χ0v) is 18.3. The quantitative estimate of drug-likeness (QED) is 0.332. The predicted octanol–water partition coefficient (Wildman–Crippen LogP) is 2.32. The maximum atomic E-state index is 12.6. The molecule has 0 aliphatic carbocycles. The van der Waals surface area contributed by atoms with Crippen LogP contribution in [0.25, 0.3) is 0 Å². The molecular weight excluding hydrogens is 462 g/mol. The van der Waals surface area contributed by atoms with E-state index in [-0.39, 0.29) is 35.0 Å². The van der Waals surface area contributed by atoms with Crippen molar-refractivity contribution >= 4 is 44.7 Å². The van der Waals surface area contributed by atoms with Crippen molar-refractivity contribution in [1.82, 2.24) is 5.32 Å².